The SMILES string of the molecule is COc1cc(C=NNC(=O)c2cncc(-c3cccc(C)c3)n2)cc(OC)c1. The van der Waals surface area contributed by atoms with Crippen molar-refractivity contribution in [2.45, 2.75) is 6.92 Å². The number of ether oxygens (including phenoxy) is 2. The first-order valence-corrected chi connectivity index (χ1v) is 8.54. The number of benzene rings is 2. The van der Waals surface area contributed by atoms with Crippen LogP contribution in [0.25, 0.3) is 11.3 Å². The Bertz CT molecular complexity index is 996. The van der Waals surface area contributed by atoms with Crippen LogP contribution in [0, 0.1) is 6.92 Å². The molecule has 0 aliphatic rings. The molecule has 0 radical (unpaired) electrons. The van der Waals surface area contributed by atoms with Gasteiger partial charge in [0.2, 0.25) is 0 Å². The van der Waals surface area contributed by atoms with E-state index in [0.29, 0.717) is 17.2 Å². The quantitative estimate of drug-likeness (QED) is 0.527. The minimum atomic E-state index is -0.451. The third-order valence-corrected chi connectivity index (χ3v) is 3.93. The van der Waals surface area contributed by atoms with Crippen molar-refractivity contribution in [3.63, 3.8) is 0 Å². The zero-order valence-corrected chi connectivity index (χ0v) is 15.8. The van der Waals surface area contributed by atoms with Gasteiger partial charge < -0.3 is 9.47 Å². The van der Waals surface area contributed by atoms with Gasteiger partial charge in [-0.1, -0.05) is 23.8 Å². The fraction of sp³-hybridized carbons (Fsp3) is 0.143. The molecule has 7 heteroatoms. The molecule has 0 aliphatic carbocycles. The summed E-state index contributed by atoms with van der Waals surface area (Å²) in [5.41, 5.74) is 5.98. The second-order valence-corrected chi connectivity index (χ2v) is 6.00. The molecule has 0 atom stereocenters. The molecule has 0 saturated carbocycles. The number of methoxy groups -OCH3 is 2. The molecule has 2 aromatic carbocycles. The first kappa shape index (κ1) is 19.0. The van der Waals surface area contributed by atoms with Crippen molar-refractivity contribution in [2.24, 2.45) is 5.10 Å². The molecule has 0 bridgehead atoms. The van der Waals surface area contributed by atoms with Crippen LogP contribution >= 0.6 is 0 Å². The van der Waals surface area contributed by atoms with Crippen molar-refractivity contribution in [3.05, 3.63) is 71.7 Å². The van der Waals surface area contributed by atoms with Crippen molar-refractivity contribution >= 4 is 12.1 Å². The van der Waals surface area contributed by atoms with Crippen LogP contribution in [0.4, 0.5) is 0 Å². The fourth-order valence-electron chi connectivity index (χ4n) is 2.55. The lowest BCUT2D eigenvalue weighted by Crippen LogP contribution is -2.19. The van der Waals surface area contributed by atoms with Crippen LogP contribution < -0.4 is 14.9 Å². The molecule has 7 nitrogen and oxygen atoms in total. The van der Waals surface area contributed by atoms with E-state index in [-0.39, 0.29) is 5.69 Å². The number of amides is 1. The monoisotopic (exact) mass is 376 g/mol. The molecule has 142 valence electrons. The fourth-order valence-corrected chi connectivity index (χ4v) is 2.55. The Morgan fingerprint density at radius 2 is 1.82 bits per heavy atom. The Morgan fingerprint density at radius 1 is 1.07 bits per heavy atom. The number of hydrogen-bond acceptors (Lipinski definition) is 6. The van der Waals surface area contributed by atoms with Gasteiger partial charge in [-0.3, -0.25) is 9.78 Å². The van der Waals surface area contributed by atoms with Gasteiger partial charge in [0, 0.05) is 17.2 Å². The van der Waals surface area contributed by atoms with E-state index in [9.17, 15) is 4.79 Å². The molecule has 0 aliphatic heterocycles. The Hall–Kier alpha value is -3.74. The van der Waals surface area contributed by atoms with Crippen molar-refractivity contribution < 1.29 is 14.3 Å². The van der Waals surface area contributed by atoms with E-state index in [1.165, 1.54) is 12.4 Å². The van der Waals surface area contributed by atoms with Crippen LogP contribution in [0.2, 0.25) is 0 Å². The van der Waals surface area contributed by atoms with Gasteiger partial charge in [-0.2, -0.15) is 5.10 Å². The third-order valence-electron chi connectivity index (χ3n) is 3.93. The molecule has 0 unspecified atom stereocenters. The zero-order chi connectivity index (χ0) is 19.9. The van der Waals surface area contributed by atoms with Gasteiger partial charge >= 0.3 is 0 Å². The number of nitrogens with one attached hydrogen (secondary N) is 1. The lowest BCUT2D eigenvalue weighted by atomic mass is 10.1. The molecule has 1 aromatic heterocycles. The van der Waals surface area contributed by atoms with Crippen LogP contribution in [0.3, 0.4) is 0 Å². The maximum absolute atomic E-state index is 12.4. The van der Waals surface area contributed by atoms with E-state index in [1.807, 2.05) is 31.2 Å². The predicted octanol–water partition coefficient (Wildman–Crippen LogP) is 3.23. The highest BCUT2D eigenvalue weighted by Gasteiger charge is 2.09. The summed E-state index contributed by atoms with van der Waals surface area (Å²) in [6.45, 7) is 2.00. The third kappa shape index (κ3) is 4.70. The zero-order valence-electron chi connectivity index (χ0n) is 15.8. The first-order chi connectivity index (χ1) is 13.6. The largest absolute Gasteiger partial charge is 0.497 e. The molecule has 0 saturated heterocycles. The number of aromatic nitrogens is 2. The number of aryl methyl sites for hydroxylation is 1. The average Bonchev–Trinajstić information content (AvgIpc) is 2.73. The van der Waals surface area contributed by atoms with Gasteiger partial charge in [0.1, 0.15) is 17.2 Å². The van der Waals surface area contributed by atoms with E-state index in [1.54, 1.807) is 38.6 Å². The summed E-state index contributed by atoms with van der Waals surface area (Å²) in [6, 6.07) is 13.1. The van der Waals surface area contributed by atoms with Gasteiger partial charge in [0.25, 0.3) is 5.91 Å². The van der Waals surface area contributed by atoms with Gasteiger partial charge in [-0.25, -0.2) is 10.4 Å². The highest BCUT2D eigenvalue weighted by atomic mass is 16.5. The summed E-state index contributed by atoms with van der Waals surface area (Å²) >= 11 is 0. The highest BCUT2D eigenvalue weighted by molar-refractivity contribution is 5.93. The van der Waals surface area contributed by atoms with Crippen molar-refractivity contribution in [1.82, 2.24) is 15.4 Å². The van der Waals surface area contributed by atoms with Crippen LogP contribution in [-0.4, -0.2) is 36.3 Å². The van der Waals surface area contributed by atoms with Crippen LogP contribution in [-0.2, 0) is 0 Å². The van der Waals surface area contributed by atoms with E-state index >= 15 is 0 Å². The van der Waals surface area contributed by atoms with E-state index in [2.05, 4.69) is 20.5 Å². The minimum Gasteiger partial charge on any atom is -0.497 e. The van der Waals surface area contributed by atoms with Crippen LogP contribution in [0.5, 0.6) is 11.5 Å². The predicted molar refractivity (Wildman–Crippen MR) is 107 cm³/mol. The molecule has 3 aromatic rings. The summed E-state index contributed by atoms with van der Waals surface area (Å²) in [6.07, 6.45) is 4.52. The molecule has 0 spiro atoms. The Morgan fingerprint density at radius 3 is 2.50 bits per heavy atom. The van der Waals surface area contributed by atoms with Crippen molar-refractivity contribution in [2.75, 3.05) is 14.2 Å². The highest BCUT2D eigenvalue weighted by Crippen LogP contribution is 2.21. The molecule has 0 fully saturated rings. The standard InChI is InChI=1S/C21H20N4O3/c1-14-5-4-6-16(7-14)19-12-22-13-20(24-19)21(26)25-23-11-15-8-17(27-2)10-18(9-15)28-3/h4-13H,1-3H3,(H,25,26). The molecule has 1 N–H and O–H groups in total. The Kier molecular flexibility index (Phi) is 5.96. The minimum absolute atomic E-state index is 0.180. The summed E-state index contributed by atoms with van der Waals surface area (Å²) in [7, 11) is 3.13. The number of carbonyl (C=O) groups excluding carboxylic acids is 1. The number of carbonyl (C=O) groups is 1. The number of hydrazone groups is 1. The first-order valence-electron chi connectivity index (χ1n) is 8.54. The molecule has 28 heavy (non-hydrogen) atoms. The van der Waals surface area contributed by atoms with E-state index in [0.717, 1.165) is 16.7 Å². The van der Waals surface area contributed by atoms with Gasteiger partial charge in [-0.05, 0) is 25.1 Å². The number of hydrogen-bond donors (Lipinski definition) is 1. The summed E-state index contributed by atoms with van der Waals surface area (Å²) < 4.78 is 10.4. The summed E-state index contributed by atoms with van der Waals surface area (Å²) in [5, 5.41) is 3.98. The lowest BCUT2D eigenvalue weighted by molar-refractivity contribution is 0.0950. The topological polar surface area (TPSA) is 85.7 Å². The molecule has 1 amide bonds. The second kappa shape index (κ2) is 8.77. The molecule has 3 rings (SSSR count). The normalized spacial score (nSPS) is 10.7. The molecular formula is C21H20N4O3. The van der Waals surface area contributed by atoms with E-state index < -0.39 is 5.91 Å². The van der Waals surface area contributed by atoms with Crippen LogP contribution in [0.15, 0.2) is 60.0 Å². The van der Waals surface area contributed by atoms with E-state index in [4.69, 9.17) is 9.47 Å². The second-order valence-electron chi connectivity index (χ2n) is 6.00. The van der Waals surface area contributed by atoms with Crippen molar-refractivity contribution in [3.8, 4) is 22.8 Å². The molecular weight excluding hydrogens is 356 g/mol. The smallest absolute Gasteiger partial charge is 0.291 e. The summed E-state index contributed by atoms with van der Waals surface area (Å²) in [4.78, 5) is 20.8. The maximum atomic E-state index is 12.4. The Labute approximate surface area is 163 Å². The average molecular weight is 376 g/mol. The van der Waals surface area contributed by atoms with Gasteiger partial charge in [0.15, 0.2) is 0 Å². The van der Waals surface area contributed by atoms with Gasteiger partial charge in [0.05, 0.1) is 38.5 Å². The Balaban J connectivity index is 1.73. The number of nitrogens with zero attached hydrogens (tertiary/aromatic N) is 3. The number of rotatable bonds is 6. The lowest BCUT2D eigenvalue weighted by Gasteiger charge is -2.06. The maximum Gasteiger partial charge on any atom is 0.291 e. The van der Waals surface area contributed by atoms with Gasteiger partial charge in [-0.15, -0.1) is 0 Å². The van der Waals surface area contributed by atoms with Crippen LogP contribution in [0.1, 0.15) is 21.6 Å². The molecule has 1 heterocycles. The van der Waals surface area contributed by atoms with Crippen molar-refractivity contribution in [1.29, 1.82) is 0 Å². The summed E-state index contributed by atoms with van der Waals surface area (Å²) in [5.74, 6) is 0.806.